The highest BCUT2D eigenvalue weighted by Gasteiger charge is 2.50. The molecule has 6 rings (SSSR count). The van der Waals surface area contributed by atoms with Crippen molar-refractivity contribution in [2.24, 2.45) is 0 Å². The van der Waals surface area contributed by atoms with Gasteiger partial charge in [-0.2, -0.15) is 12.6 Å². The minimum Gasteiger partial charge on any atom is -0.449 e. The molecule has 5 aromatic carbocycles. The summed E-state index contributed by atoms with van der Waals surface area (Å²) in [7, 11) is 0. The van der Waals surface area contributed by atoms with Crippen molar-refractivity contribution in [1.82, 2.24) is 5.32 Å². The average molecular weight is 598 g/mol. The predicted octanol–water partition coefficient (Wildman–Crippen LogP) is 8.21. The Morgan fingerprint density at radius 3 is 1.45 bits per heavy atom. The summed E-state index contributed by atoms with van der Waals surface area (Å²) < 4.78 is 4.98. The van der Waals surface area contributed by atoms with Crippen molar-refractivity contribution in [2.75, 3.05) is 6.61 Å². The maximum Gasteiger partial charge on any atom is 0.407 e. The molecule has 1 N–H and O–H groups in total. The molecule has 5 heteroatoms. The molecule has 220 valence electrons. The second kappa shape index (κ2) is 12.2. The summed E-state index contributed by atoms with van der Waals surface area (Å²) in [4.78, 5) is 28.8. The summed E-state index contributed by atoms with van der Waals surface area (Å²) in [6, 6.07) is 44.6. The molecule has 1 aliphatic carbocycles. The first-order chi connectivity index (χ1) is 21.3. The zero-order chi connectivity index (χ0) is 30.7. The fourth-order valence-corrected chi connectivity index (χ4v) is 6.71. The summed E-state index contributed by atoms with van der Waals surface area (Å²) in [5.41, 5.74) is 5.75. The van der Waals surface area contributed by atoms with E-state index in [4.69, 9.17) is 17.4 Å². The molecule has 1 amide bonds. The van der Waals surface area contributed by atoms with Crippen LogP contribution in [-0.4, -0.2) is 29.3 Å². The third kappa shape index (κ3) is 5.33. The van der Waals surface area contributed by atoms with E-state index in [9.17, 15) is 4.79 Å². The summed E-state index contributed by atoms with van der Waals surface area (Å²) >= 11 is 4.87. The minimum absolute atomic E-state index is 0.0941. The maximum absolute atomic E-state index is 15.2. The molecule has 0 bridgehead atoms. The number of thiol groups is 1. The molecule has 0 heterocycles. The highest BCUT2D eigenvalue weighted by molar-refractivity contribution is 7.81. The van der Waals surface area contributed by atoms with Crippen LogP contribution in [0.5, 0.6) is 0 Å². The van der Waals surface area contributed by atoms with E-state index >= 15 is 4.79 Å². The van der Waals surface area contributed by atoms with E-state index in [0.29, 0.717) is 0 Å². The van der Waals surface area contributed by atoms with E-state index < -0.39 is 22.3 Å². The highest BCUT2D eigenvalue weighted by atomic mass is 32.1. The first kappa shape index (κ1) is 29.5. The Hall–Kier alpha value is -4.61. The number of hydrogen-bond donors (Lipinski definition) is 2. The second-order valence-electron chi connectivity index (χ2n) is 11.8. The van der Waals surface area contributed by atoms with Gasteiger partial charge < -0.3 is 10.1 Å². The summed E-state index contributed by atoms with van der Waals surface area (Å²) in [5.74, 6) is -0.294. The molecule has 0 aliphatic heterocycles. The van der Waals surface area contributed by atoms with Crippen molar-refractivity contribution in [1.29, 1.82) is 0 Å². The number of benzene rings is 5. The van der Waals surface area contributed by atoms with Crippen LogP contribution in [0.25, 0.3) is 11.1 Å². The molecule has 0 fully saturated rings. The first-order valence-electron chi connectivity index (χ1n) is 14.9. The second-order valence-corrected chi connectivity index (χ2v) is 12.9. The van der Waals surface area contributed by atoms with Crippen LogP contribution >= 0.6 is 12.6 Å². The van der Waals surface area contributed by atoms with Gasteiger partial charge >= 0.3 is 6.09 Å². The molecule has 0 aromatic heterocycles. The minimum atomic E-state index is -1.22. The van der Waals surface area contributed by atoms with E-state index in [0.717, 1.165) is 38.9 Å². The van der Waals surface area contributed by atoms with Crippen LogP contribution < -0.4 is 5.32 Å². The fourth-order valence-electron chi connectivity index (χ4n) is 6.53. The van der Waals surface area contributed by atoms with E-state index in [1.54, 1.807) is 0 Å². The first-order valence-corrected chi connectivity index (χ1v) is 15.3. The topological polar surface area (TPSA) is 55.4 Å². The molecule has 0 saturated carbocycles. The Morgan fingerprint density at radius 1 is 0.659 bits per heavy atom. The maximum atomic E-state index is 15.2. The number of rotatable bonds is 9. The van der Waals surface area contributed by atoms with Crippen molar-refractivity contribution in [3.63, 3.8) is 0 Å². The van der Waals surface area contributed by atoms with E-state index in [-0.39, 0.29) is 18.3 Å². The van der Waals surface area contributed by atoms with Gasteiger partial charge in [0.1, 0.15) is 18.1 Å². The third-order valence-corrected chi connectivity index (χ3v) is 8.82. The number of fused-ring (bicyclic) bond motifs is 3. The average Bonchev–Trinajstić information content (AvgIpc) is 3.37. The molecule has 44 heavy (non-hydrogen) atoms. The van der Waals surface area contributed by atoms with Crippen molar-refractivity contribution in [2.45, 2.75) is 36.0 Å². The summed E-state index contributed by atoms with van der Waals surface area (Å²) in [6.07, 6.45) is -0.657. The van der Waals surface area contributed by atoms with Crippen LogP contribution in [0.15, 0.2) is 140 Å². The molecular formula is C39H35NO3S. The van der Waals surface area contributed by atoms with Crippen LogP contribution in [0, 0.1) is 0 Å². The lowest BCUT2D eigenvalue weighted by molar-refractivity contribution is -0.124. The van der Waals surface area contributed by atoms with Gasteiger partial charge in [0.2, 0.25) is 0 Å². The smallest absolute Gasteiger partial charge is 0.407 e. The molecule has 1 aliphatic rings. The van der Waals surface area contributed by atoms with Crippen molar-refractivity contribution < 1.29 is 14.3 Å². The highest BCUT2D eigenvalue weighted by Crippen LogP contribution is 2.45. The molecule has 5 aromatic rings. The van der Waals surface area contributed by atoms with E-state index in [2.05, 4.69) is 29.6 Å². The number of carbonyl (C=O) groups excluding carboxylic acids is 2. The van der Waals surface area contributed by atoms with Gasteiger partial charge in [-0.1, -0.05) is 140 Å². The lowest BCUT2D eigenvalue weighted by Gasteiger charge is -2.40. The van der Waals surface area contributed by atoms with Crippen LogP contribution in [0.2, 0.25) is 0 Å². The van der Waals surface area contributed by atoms with Gasteiger partial charge in [-0.15, -0.1) is 0 Å². The Morgan fingerprint density at radius 2 is 1.05 bits per heavy atom. The third-order valence-electron chi connectivity index (χ3n) is 8.56. The monoisotopic (exact) mass is 597 g/mol. The zero-order valence-corrected chi connectivity index (χ0v) is 25.7. The van der Waals surface area contributed by atoms with Gasteiger partial charge in [0.15, 0.2) is 5.78 Å². The SMILES string of the molecule is CC(C)(S)[C@H](NC(=O)OCC1c2ccccc2-c2ccccc21)C(=O)C(c1ccccc1)(c1ccccc1)c1ccccc1. The van der Waals surface area contributed by atoms with E-state index in [1.807, 2.05) is 129 Å². The van der Waals surface area contributed by atoms with Crippen LogP contribution in [0.4, 0.5) is 4.79 Å². The lowest BCUT2D eigenvalue weighted by Crippen LogP contribution is -2.58. The fraction of sp³-hybridized carbons (Fsp3) is 0.179. The van der Waals surface area contributed by atoms with Crippen LogP contribution in [0.1, 0.15) is 47.6 Å². The molecule has 0 radical (unpaired) electrons. The molecule has 0 spiro atoms. The quantitative estimate of drug-likeness (QED) is 0.133. The molecule has 0 saturated heterocycles. The number of Topliss-reactive ketones (excluding diaryl/α,β-unsaturated/α-hetero) is 1. The summed E-state index contributed by atoms with van der Waals surface area (Å²) in [5, 5.41) is 2.96. The Balaban J connectivity index is 1.36. The molecule has 1 atom stereocenters. The van der Waals surface area contributed by atoms with E-state index in [1.165, 1.54) is 0 Å². The predicted molar refractivity (Wildman–Crippen MR) is 179 cm³/mol. The van der Waals surface area contributed by atoms with Gasteiger partial charge in [-0.05, 0) is 52.8 Å². The molecular weight excluding hydrogens is 563 g/mol. The normalized spacial score (nSPS) is 13.4. The number of nitrogens with one attached hydrogen (secondary N) is 1. The largest absolute Gasteiger partial charge is 0.449 e. The number of ketones is 1. The lowest BCUT2D eigenvalue weighted by atomic mass is 9.64. The van der Waals surface area contributed by atoms with Gasteiger partial charge in [0.25, 0.3) is 0 Å². The molecule has 4 nitrogen and oxygen atoms in total. The zero-order valence-electron chi connectivity index (χ0n) is 24.8. The number of hydrogen-bond acceptors (Lipinski definition) is 4. The molecule has 0 unspecified atom stereocenters. The van der Waals surface area contributed by atoms with Gasteiger partial charge in [-0.25, -0.2) is 4.79 Å². The summed E-state index contributed by atoms with van der Waals surface area (Å²) in [6.45, 7) is 3.83. The standard InChI is InChI=1S/C39H35NO3S/c1-38(2,44)35(40-37(42)43-26-34-32-24-14-12-22-30(32)31-23-13-15-25-33(31)34)36(41)39(27-16-6-3-7-17-27,28-18-8-4-9-19-28)29-20-10-5-11-21-29/h3-25,34-35,44H,26H2,1-2H3,(H,40,42)/t35-/m1/s1. The van der Waals surface area contributed by atoms with Gasteiger partial charge in [-0.3, -0.25) is 4.79 Å². The van der Waals surface area contributed by atoms with Crippen LogP contribution in [-0.2, 0) is 14.9 Å². The van der Waals surface area contributed by atoms with Gasteiger partial charge in [0.05, 0.1) is 0 Å². The van der Waals surface area contributed by atoms with Crippen LogP contribution in [0.3, 0.4) is 0 Å². The van der Waals surface area contributed by atoms with Crippen molar-refractivity contribution in [3.8, 4) is 11.1 Å². The number of ether oxygens (including phenoxy) is 1. The Kier molecular flexibility index (Phi) is 8.15. The Bertz CT molecular complexity index is 1620. The Labute approximate surface area is 264 Å². The van der Waals surface area contributed by atoms with Crippen molar-refractivity contribution in [3.05, 3.63) is 167 Å². The van der Waals surface area contributed by atoms with Gasteiger partial charge in [0, 0.05) is 10.7 Å². The number of amides is 1. The number of carbonyl (C=O) groups is 2. The number of alkyl carbamates (subject to hydrolysis) is 1. The van der Waals surface area contributed by atoms with Crippen molar-refractivity contribution >= 4 is 24.5 Å².